The first kappa shape index (κ1) is 12.7. The Morgan fingerprint density at radius 3 is 2.44 bits per heavy atom. The van der Waals surface area contributed by atoms with Crippen LogP contribution >= 0.6 is 0 Å². The maximum atomic E-state index is 11.8. The fourth-order valence-corrected chi connectivity index (χ4v) is 1.40. The van der Waals surface area contributed by atoms with Gasteiger partial charge in [0.1, 0.15) is 0 Å². The summed E-state index contributed by atoms with van der Waals surface area (Å²) >= 11 is 0. The fourth-order valence-electron chi connectivity index (χ4n) is 1.40. The molecule has 0 aliphatic rings. The highest BCUT2D eigenvalue weighted by molar-refractivity contribution is 5.83. The van der Waals surface area contributed by atoms with Crippen molar-refractivity contribution < 1.29 is 4.79 Å². The molecule has 1 rings (SSSR count). The van der Waals surface area contributed by atoms with Crippen molar-refractivity contribution in [2.24, 2.45) is 0 Å². The normalized spacial score (nSPS) is 14.2. The van der Waals surface area contributed by atoms with Crippen LogP contribution in [0, 0.1) is 0 Å². The Morgan fingerprint density at radius 1 is 1.25 bits per heavy atom. The van der Waals surface area contributed by atoms with E-state index >= 15 is 0 Å². The van der Waals surface area contributed by atoms with Crippen LogP contribution in [0.2, 0.25) is 0 Å². The van der Waals surface area contributed by atoms with Crippen LogP contribution in [0.25, 0.3) is 0 Å². The summed E-state index contributed by atoms with van der Waals surface area (Å²) in [5, 5.41) is 6.01. The minimum atomic E-state index is -0.0924. The summed E-state index contributed by atoms with van der Waals surface area (Å²) < 4.78 is 0. The molecule has 0 aliphatic heterocycles. The van der Waals surface area contributed by atoms with Crippen molar-refractivity contribution in [1.29, 1.82) is 0 Å². The SMILES string of the molecule is CNC(C)CNC(=O)C(C)c1ccccc1. The third-order valence-corrected chi connectivity index (χ3v) is 2.77. The van der Waals surface area contributed by atoms with Crippen LogP contribution < -0.4 is 10.6 Å². The summed E-state index contributed by atoms with van der Waals surface area (Å²) in [6.45, 7) is 4.62. The van der Waals surface area contributed by atoms with E-state index in [1.807, 2.05) is 51.2 Å². The van der Waals surface area contributed by atoms with Gasteiger partial charge in [-0.15, -0.1) is 0 Å². The Labute approximate surface area is 97.2 Å². The van der Waals surface area contributed by atoms with Crippen LogP contribution in [0.4, 0.5) is 0 Å². The van der Waals surface area contributed by atoms with Gasteiger partial charge in [-0.1, -0.05) is 30.3 Å². The molecule has 3 heteroatoms. The number of amides is 1. The second-order valence-corrected chi connectivity index (χ2v) is 4.07. The highest BCUT2D eigenvalue weighted by Crippen LogP contribution is 2.14. The van der Waals surface area contributed by atoms with Crippen LogP contribution in [0.3, 0.4) is 0 Å². The number of rotatable bonds is 5. The molecule has 2 unspecified atom stereocenters. The van der Waals surface area contributed by atoms with E-state index in [-0.39, 0.29) is 11.8 Å². The van der Waals surface area contributed by atoms with Crippen molar-refractivity contribution in [3.8, 4) is 0 Å². The second kappa shape index (κ2) is 6.28. The minimum Gasteiger partial charge on any atom is -0.354 e. The zero-order valence-electron chi connectivity index (χ0n) is 10.2. The van der Waals surface area contributed by atoms with E-state index in [2.05, 4.69) is 10.6 Å². The van der Waals surface area contributed by atoms with E-state index in [0.717, 1.165) is 5.56 Å². The lowest BCUT2D eigenvalue weighted by molar-refractivity contribution is -0.122. The number of likely N-dealkylation sites (N-methyl/N-ethyl adjacent to an activating group) is 1. The third-order valence-electron chi connectivity index (χ3n) is 2.77. The molecule has 1 aromatic carbocycles. The molecule has 0 saturated carbocycles. The number of benzene rings is 1. The number of hydrogen-bond acceptors (Lipinski definition) is 2. The predicted molar refractivity (Wildman–Crippen MR) is 66.4 cm³/mol. The zero-order valence-corrected chi connectivity index (χ0v) is 10.2. The summed E-state index contributed by atoms with van der Waals surface area (Å²) in [5.74, 6) is -0.0152. The van der Waals surface area contributed by atoms with Gasteiger partial charge >= 0.3 is 0 Å². The first-order valence-electron chi connectivity index (χ1n) is 5.65. The number of hydrogen-bond donors (Lipinski definition) is 2. The van der Waals surface area contributed by atoms with E-state index in [1.54, 1.807) is 0 Å². The molecule has 0 spiro atoms. The van der Waals surface area contributed by atoms with Crippen molar-refractivity contribution in [1.82, 2.24) is 10.6 Å². The molecule has 2 N–H and O–H groups in total. The van der Waals surface area contributed by atoms with Gasteiger partial charge in [-0.3, -0.25) is 4.79 Å². The van der Waals surface area contributed by atoms with Gasteiger partial charge in [-0.05, 0) is 26.5 Å². The first-order chi connectivity index (χ1) is 7.65. The monoisotopic (exact) mass is 220 g/mol. The largest absolute Gasteiger partial charge is 0.354 e. The topological polar surface area (TPSA) is 41.1 Å². The quantitative estimate of drug-likeness (QED) is 0.790. The summed E-state index contributed by atoms with van der Waals surface area (Å²) in [5.41, 5.74) is 1.05. The maximum absolute atomic E-state index is 11.8. The molecular weight excluding hydrogens is 200 g/mol. The molecule has 0 fully saturated rings. The molecule has 2 atom stereocenters. The Kier molecular flexibility index (Phi) is 4.99. The molecular formula is C13H20N2O. The third kappa shape index (κ3) is 3.66. The van der Waals surface area contributed by atoms with Crippen LogP contribution in [-0.2, 0) is 4.79 Å². The summed E-state index contributed by atoms with van der Waals surface area (Å²) in [6.07, 6.45) is 0. The van der Waals surface area contributed by atoms with Crippen molar-refractivity contribution >= 4 is 5.91 Å². The van der Waals surface area contributed by atoms with Crippen LogP contribution in [0.5, 0.6) is 0 Å². The van der Waals surface area contributed by atoms with Gasteiger partial charge in [0, 0.05) is 12.6 Å². The highest BCUT2D eigenvalue weighted by Gasteiger charge is 2.14. The molecule has 0 saturated heterocycles. The minimum absolute atomic E-state index is 0.0771. The molecule has 1 aromatic rings. The molecule has 0 bridgehead atoms. The van der Waals surface area contributed by atoms with Crippen molar-refractivity contribution in [3.05, 3.63) is 35.9 Å². The number of nitrogens with one attached hydrogen (secondary N) is 2. The molecule has 0 aromatic heterocycles. The lowest BCUT2D eigenvalue weighted by Gasteiger charge is -2.15. The van der Waals surface area contributed by atoms with E-state index in [9.17, 15) is 4.79 Å². The average Bonchev–Trinajstić information content (AvgIpc) is 2.35. The molecule has 88 valence electrons. The van der Waals surface area contributed by atoms with Crippen LogP contribution in [0.1, 0.15) is 25.3 Å². The number of carbonyl (C=O) groups excluding carboxylic acids is 1. The summed E-state index contributed by atoms with van der Waals surface area (Å²) in [6, 6.07) is 10.1. The van der Waals surface area contributed by atoms with Crippen LogP contribution in [0.15, 0.2) is 30.3 Å². The van der Waals surface area contributed by atoms with Gasteiger partial charge in [0.15, 0.2) is 0 Å². The highest BCUT2D eigenvalue weighted by atomic mass is 16.1. The van der Waals surface area contributed by atoms with Gasteiger partial charge < -0.3 is 10.6 Å². The van der Waals surface area contributed by atoms with Gasteiger partial charge in [0.05, 0.1) is 5.92 Å². The molecule has 0 radical (unpaired) electrons. The van der Waals surface area contributed by atoms with E-state index < -0.39 is 0 Å². The maximum Gasteiger partial charge on any atom is 0.227 e. The number of carbonyl (C=O) groups is 1. The van der Waals surface area contributed by atoms with Gasteiger partial charge in [0.2, 0.25) is 5.91 Å². The average molecular weight is 220 g/mol. The van der Waals surface area contributed by atoms with Gasteiger partial charge in [-0.2, -0.15) is 0 Å². The molecule has 16 heavy (non-hydrogen) atoms. The lowest BCUT2D eigenvalue weighted by atomic mass is 10.0. The van der Waals surface area contributed by atoms with E-state index in [4.69, 9.17) is 0 Å². The summed E-state index contributed by atoms with van der Waals surface area (Å²) in [7, 11) is 1.89. The summed E-state index contributed by atoms with van der Waals surface area (Å²) in [4.78, 5) is 11.8. The fraction of sp³-hybridized carbons (Fsp3) is 0.462. The Balaban J connectivity index is 2.49. The lowest BCUT2D eigenvalue weighted by Crippen LogP contribution is -2.38. The Morgan fingerprint density at radius 2 is 1.88 bits per heavy atom. The van der Waals surface area contributed by atoms with Crippen molar-refractivity contribution in [2.75, 3.05) is 13.6 Å². The molecule has 0 aliphatic carbocycles. The zero-order chi connectivity index (χ0) is 12.0. The molecule has 3 nitrogen and oxygen atoms in total. The standard InChI is InChI=1S/C13H20N2O/c1-10(14-3)9-15-13(16)11(2)12-7-5-4-6-8-12/h4-8,10-11,14H,9H2,1-3H3,(H,15,16). The smallest absolute Gasteiger partial charge is 0.227 e. The predicted octanol–water partition coefficient (Wildman–Crippen LogP) is 1.51. The molecule has 0 heterocycles. The van der Waals surface area contributed by atoms with Crippen LogP contribution in [-0.4, -0.2) is 25.5 Å². The van der Waals surface area contributed by atoms with E-state index in [0.29, 0.717) is 12.6 Å². The van der Waals surface area contributed by atoms with Crippen molar-refractivity contribution in [2.45, 2.75) is 25.8 Å². The second-order valence-electron chi connectivity index (χ2n) is 4.07. The molecule has 1 amide bonds. The van der Waals surface area contributed by atoms with Gasteiger partial charge in [0.25, 0.3) is 0 Å². The van der Waals surface area contributed by atoms with Gasteiger partial charge in [-0.25, -0.2) is 0 Å². The van der Waals surface area contributed by atoms with Crippen molar-refractivity contribution in [3.63, 3.8) is 0 Å². The van der Waals surface area contributed by atoms with E-state index in [1.165, 1.54) is 0 Å². The Hall–Kier alpha value is -1.35. The Bertz CT molecular complexity index is 324. The first-order valence-corrected chi connectivity index (χ1v) is 5.65.